The largest absolute Gasteiger partial charge is 0.467 e. The highest BCUT2D eigenvalue weighted by atomic mass is 16.3. The summed E-state index contributed by atoms with van der Waals surface area (Å²) in [5.74, 6) is 0.577. The van der Waals surface area contributed by atoms with Crippen LogP contribution in [0.4, 0.5) is 21.9 Å². The van der Waals surface area contributed by atoms with Gasteiger partial charge in [0.05, 0.1) is 17.6 Å². The molecule has 1 aromatic heterocycles. The molecular weight excluding hydrogens is 426 g/mol. The summed E-state index contributed by atoms with van der Waals surface area (Å²) in [6.45, 7) is 8.15. The third-order valence-corrected chi connectivity index (χ3v) is 6.57. The van der Waals surface area contributed by atoms with Gasteiger partial charge in [-0.25, -0.2) is 4.79 Å². The third-order valence-electron chi connectivity index (χ3n) is 6.57. The summed E-state index contributed by atoms with van der Waals surface area (Å²) < 4.78 is 5.83. The Balaban J connectivity index is 1.69. The normalized spacial score (nSPS) is 19.1. The van der Waals surface area contributed by atoms with Gasteiger partial charge in [0.2, 0.25) is 0 Å². The van der Waals surface area contributed by atoms with Gasteiger partial charge in [-0.3, -0.25) is 9.69 Å². The number of benzene rings is 2. The Bertz CT molecular complexity index is 1300. The van der Waals surface area contributed by atoms with E-state index < -0.39 is 6.04 Å². The van der Waals surface area contributed by atoms with E-state index in [9.17, 15) is 9.59 Å². The molecule has 0 spiro atoms. The molecule has 2 aliphatic rings. The van der Waals surface area contributed by atoms with Gasteiger partial charge in [0.1, 0.15) is 11.8 Å². The number of hydrogen-bond acceptors (Lipinski definition) is 4. The highest BCUT2D eigenvalue weighted by Gasteiger charge is 2.44. The number of rotatable bonds is 2. The van der Waals surface area contributed by atoms with Crippen LogP contribution in [0.3, 0.4) is 0 Å². The Labute approximate surface area is 199 Å². The second-order valence-corrected chi connectivity index (χ2v) is 10.0. The molecule has 2 heterocycles. The van der Waals surface area contributed by atoms with Gasteiger partial charge >= 0.3 is 6.03 Å². The number of aryl methyl sites for hydroxylation is 2. The van der Waals surface area contributed by atoms with Crippen LogP contribution in [-0.4, -0.2) is 11.8 Å². The summed E-state index contributed by atoms with van der Waals surface area (Å²) in [6.07, 6.45) is 2.69. The zero-order chi connectivity index (χ0) is 24.0. The summed E-state index contributed by atoms with van der Waals surface area (Å²) in [5.41, 5.74) is 5.47. The Morgan fingerprint density at radius 1 is 1.09 bits per heavy atom. The number of allylic oxidation sites excluding steroid dienone is 1. The highest BCUT2D eigenvalue weighted by Crippen LogP contribution is 2.48. The van der Waals surface area contributed by atoms with Crippen molar-refractivity contribution in [2.75, 3.05) is 15.5 Å². The number of urea groups is 1. The number of carbonyl (C=O) groups excluding carboxylic acids is 2. The van der Waals surface area contributed by atoms with Crippen LogP contribution in [-0.2, 0) is 4.79 Å². The molecule has 1 aliphatic carbocycles. The molecule has 6 heteroatoms. The molecule has 2 N–H and O–H groups in total. The Morgan fingerprint density at radius 3 is 2.65 bits per heavy atom. The molecule has 0 bridgehead atoms. The number of nitrogens with one attached hydrogen (secondary N) is 2. The molecule has 34 heavy (non-hydrogen) atoms. The smallest absolute Gasteiger partial charge is 0.327 e. The van der Waals surface area contributed by atoms with Gasteiger partial charge in [0.25, 0.3) is 0 Å². The van der Waals surface area contributed by atoms with Crippen LogP contribution in [0.1, 0.15) is 49.6 Å². The van der Waals surface area contributed by atoms with Crippen LogP contribution >= 0.6 is 0 Å². The number of ketones is 1. The zero-order valence-corrected chi connectivity index (χ0v) is 19.9. The molecule has 5 rings (SSSR count). The van der Waals surface area contributed by atoms with E-state index in [2.05, 4.69) is 24.5 Å². The maximum atomic E-state index is 14.0. The fraction of sp³-hybridized carbons (Fsp3) is 0.286. The first-order valence-electron chi connectivity index (χ1n) is 11.6. The minimum atomic E-state index is -0.685. The summed E-state index contributed by atoms with van der Waals surface area (Å²) in [4.78, 5) is 29.2. The molecule has 2 amide bonds. The summed E-state index contributed by atoms with van der Waals surface area (Å²) in [6, 6.07) is 16.2. The van der Waals surface area contributed by atoms with Crippen molar-refractivity contribution in [1.82, 2.24) is 0 Å². The molecule has 0 fully saturated rings. The molecule has 1 atom stereocenters. The molecule has 1 aliphatic heterocycles. The van der Waals surface area contributed by atoms with Crippen molar-refractivity contribution in [2.24, 2.45) is 5.41 Å². The average Bonchev–Trinajstić information content (AvgIpc) is 3.25. The van der Waals surface area contributed by atoms with Crippen molar-refractivity contribution in [3.8, 4) is 0 Å². The average molecular weight is 456 g/mol. The van der Waals surface area contributed by atoms with Gasteiger partial charge in [-0.2, -0.15) is 0 Å². The lowest BCUT2D eigenvalue weighted by Gasteiger charge is -2.36. The maximum absolute atomic E-state index is 14.0. The quantitative estimate of drug-likeness (QED) is 0.448. The van der Waals surface area contributed by atoms with Gasteiger partial charge < -0.3 is 15.1 Å². The first-order chi connectivity index (χ1) is 16.2. The predicted octanol–water partition coefficient (Wildman–Crippen LogP) is 6.74. The first-order valence-corrected chi connectivity index (χ1v) is 11.6. The molecular formula is C28H29N3O3. The number of nitrogens with zero attached hydrogens (tertiary/aromatic N) is 1. The second kappa shape index (κ2) is 8.20. The summed E-state index contributed by atoms with van der Waals surface area (Å²) in [5, 5.41) is 6.60. The molecule has 0 radical (unpaired) electrons. The van der Waals surface area contributed by atoms with E-state index in [4.69, 9.17) is 4.42 Å². The number of furan rings is 1. The van der Waals surface area contributed by atoms with E-state index in [-0.39, 0.29) is 17.2 Å². The summed E-state index contributed by atoms with van der Waals surface area (Å²) in [7, 11) is 0. The van der Waals surface area contributed by atoms with Crippen LogP contribution in [0.5, 0.6) is 0 Å². The van der Waals surface area contributed by atoms with Crippen LogP contribution in [0, 0.1) is 19.3 Å². The number of fused-ring (bicyclic) bond motifs is 1. The van der Waals surface area contributed by atoms with E-state index in [0.29, 0.717) is 29.9 Å². The molecule has 2 aromatic carbocycles. The first kappa shape index (κ1) is 22.0. The Morgan fingerprint density at radius 2 is 1.88 bits per heavy atom. The molecule has 6 nitrogen and oxygen atoms in total. The second-order valence-electron chi connectivity index (χ2n) is 10.0. The van der Waals surface area contributed by atoms with Crippen LogP contribution in [0.2, 0.25) is 0 Å². The minimum absolute atomic E-state index is 0.0255. The zero-order valence-electron chi connectivity index (χ0n) is 19.9. The van der Waals surface area contributed by atoms with E-state index >= 15 is 0 Å². The van der Waals surface area contributed by atoms with Crippen molar-refractivity contribution in [3.05, 3.63) is 89.0 Å². The number of amides is 2. The monoisotopic (exact) mass is 455 g/mol. The highest BCUT2D eigenvalue weighted by molar-refractivity contribution is 6.09. The van der Waals surface area contributed by atoms with Gasteiger partial charge in [0, 0.05) is 23.4 Å². The van der Waals surface area contributed by atoms with E-state index in [0.717, 1.165) is 28.2 Å². The molecule has 0 saturated carbocycles. The fourth-order valence-corrected chi connectivity index (χ4v) is 4.97. The lowest BCUT2D eigenvalue weighted by atomic mass is 9.74. The predicted molar refractivity (Wildman–Crippen MR) is 134 cm³/mol. The van der Waals surface area contributed by atoms with Crippen molar-refractivity contribution < 1.29 is 14.0 Å². The van der Waals surface area contributed by atoms with Crippen molar-refractivity contribution >= 4 is 28.9 Å². The minimum Gasteiger partial charge on any atom is -0.467 e. The molecule has 174 valence electrons. The number of carbonyl (C=O) groups is 2. The number of para-hydroxylation sites is 2. The SMILES string of the molecule is Cc1ccc(C)c(NC(=O)N2c3ccccc3NC3=C(C(=O)CC(C)(C)C3)[C@@H]2c2ccco2)c1. The maximum Gasteiger partial charge on any atom is 0.327 e. The molecule has 0 unspecified atom stereocenters. The van der Waals surface area contributed by atoms with Crippen LogP contribution in [0.25, 0.3) is 0 Å². The molecule has 0 saturated heterocycles. The number of Topliss-reactive ketones (excluding diaryl/α,β-unsaturated/α-hetero) is 1. The van der Waals surface area contributed by atoms with Gasteiger partial charge in [-0.1, -0.05) is 38.1 Å². The number of hydrogen-bond donors (Lipinski definition) is 2. The molecule has 3 aromatic rings. The topological polar surface area (TPSA) is 74.6 Å². The Kier molecular flexibility index (Phi) is 5.31. The standard InChI is InChI=1S/C28H29N3O3/c1-17-11-12-18(2)20(14-17)30-27(33)31-22-9-6-5-8-19(22)29-21-15-28(3,4)16-23(32)25(21)26(31)24-10-7-13-34-24/h5-14,26,29H,15-16H2,1-4H3,(H,30,33)/t26-/m0/s1. The third kappa shape index (κ3) is 3.89. The van der Waals surface area contributed by atoms with Crippen molar-refractivity contribution in [1.29, 1.82) is 0 Å². The van der Waals surface area contributed by atoms with E-state index in [1.807, 2.05) is 62.4 Å². The Hall–Kier alpha value is -3.80. The van der Waals surface area contributed by atoms with Gasteiger partial charge in [0.15, 0.2) is 5.78 Å². The van der Waals surface area contributed by atoms with Crippen LogP contribution in [0.15, 0.2) is 76.5 Å². The van der Waals surface area contributed by atoms with E-state index in [1.54, 1.807) is 17.2 Å². The fourth-order valence-electron chi connectivity index (χ4n) is 4.97. The van der Waals surface area contributed by atoms with Gasteiger partial charge in [-0.05, 0) is 67.1 Å². The van der Waals surface area contributed by atoms with Gasteiger partial charge in [-0.15, -0.1) is 0 Å². The lowest BCUT2D eigenvalue weighted by molar-refractivity contribution is -0.118. The number of anilines is 3. The lowest BCUT2D eigenvalue weighted by Crippen LogP contribution is -2.41. The van der Waals surface area contributed by atoms with Crippen molar-refractivity contribution in [3.63, 3.8) is 0 Å². The van der Waals surface area contributed by atoms with Crippen molar-refractivity contribution in [2.45, 2.75) is 46.6 Å². The summed E-state index contributed by atoms with van der Waals surface area (Å²) >= 11 is 0. The van der Waals surface area contributed by atoms with E-state index in [1.165, 1.54) is 0 Å². The van der Waals surface area contributed by atoms with Crippen LogP contribution < -0.4 is 15.5 Å².